The topological polar surface area (TPSA) is 81.9 Å². The molecular formula is C21H18ClF6N5O2. The molecule has 1 amide bonds. The molecular weight excluding hydrogens is 504 g/mol. The number of carbonyl (C=O) groups excluding carboxylic acids is 1. The van der Waals surface area contributed by atoms with Crippen LogP contribution in [0.3, 0.4) is 0 Å². The average Bonchev–Trinajstić information content (AvgIpc) is 3.25. The molecule has 2 aromatic heterocycles. The highest BCUT2D eigenvalue weighted by atomic mass is 35.5. The predicted octanol–water partition coefficient (Wildman–Crippen LogP) is 5.55. The van der Waals surface area contributed by atoms with Crippen LogP contribution in [0.4, 0.5) is 26.3 Å². The van der Waals surface area contributed by atoms with Crippen molar-refractivity contribution < 1.29 is 35.9 Å². The minimum atomic E-state index is -4.68. The molecule has 0 aliphatic heterocycles. The first-order valence-electron chi connectivity index (χ1n) is 10.1. The number of rotatable bonds is 8. The highest BCUT2D eigenvalue weighted by Crippen LogP contribution is 2.32. The molecule has 0 saturated carbocycles. The number of halogens is 7. The first-order valence-corrected chi connectivity index (χ1v) is 10.5. The fraction of sp³-hybridized carbons (Fsp3) is 0.333. The van der Waals surface area contributed by atoms with Gasteiger partial charge in [-0.3, -0.25) is 4.79 Å². The van der Waals surface area contributed by atoms with Crippen molar-refractivity contribution in [1.82, 2.24) is 25.1 Å². The van der Waals surface area contributed by atoms with Crippen LogP contribution in [0, 0.1) is 0 Å². The molecule has 1 atom stereocenters. The van der Waals surface area contributed by atoms with Gasteiger partial charge in [-0.05, 0) is 43.7 Å². The predicted molar refractivity (Wildman–Crippen MR) is 112 cm³/mol. The minimum absolute atomic E-state index is 0.141. The molecule has 0 aliphatic rings. The van der Waals surface area contributed by atoms with Gasteiger partial charge in [-0.25, -0.2) is 9.97 Å². The number of amides is 1. The van der Waals surface area contributed by atoms with Gasteiger partial charge in [0.05, 0.1) is 24.4 Å². The summed E-state index contributed by atoms with van der Waals surface area (Å²) < 4.78 is 82.2. The lowest BCUT2D eigenvalue weighted by molar-refractivity contribution is -0.138. The Morgan fingerprint density at radius 3 is 2.51 bits per heavy atom. The van der Waals surface area contributed by atoms with Gasteiger partial charge < -0.3 is 10.1 Å². The standard InChI is InChI=1S/C21H18ClF6N5O2/c1-12(32-19(34)13-7-14(21(26,27)28)9-15(22)8-13)18-30-11-31-33(18)17-4-3-16(10-29-17)35-6-2-5-20(23,24)25/h3-4,7-12H,2,5-6H2,1H3,(H,32,34). The molecule has 1 aromatic carbocycles. The van der Waals surface area contributed by atoms with Crippen LogP contribution in [0.25, 0.3) is 5.82 Å². The number of nitrogens with zero attached hydrogens (tertiary/aromatic N) is 4. The molecule has 188 valence electrons. The molecule has 0 spiro atoms. The van der Waals surface area contributed by atoms with Crippen molar-refractivity contribution in [2.24, 2.45) is 0 Å². The summed E-state index contributed by atoms with van der Waals surface area (Å²) in [4.78, 5) is 20.8. The Hall–Kier alpha value is -3.35. The van der Waals surface area contributed by atoms with Crippen molar-refractivity contribution >= 4 is 17.5 Å². The molecule has 1 unspecified atom stereocenters. The van der Waals surface area contributed by atoms with Gasteiger partial charge in [0.1, 0.15) is 12.1 Å². The number of hydrogen-bond donors (Lipinski definition) is 1. The Kier molecular flexibility index (Phi) is 7.88. The lowest BCUT2D eigenvalue weighted by Crippen LogP contribution is -2.29. The second-order valence-corrected chi connectivity index (χ2v) is 7.81. The van der Waals surface area contributed by atoms with Crippen molar-refractivity contribution in [2.45, 2.75) is 38.2 Å². The summed E-state index contributed by atoms with van der Waals surface area (Å²) in [5.74, 6) is -0.0675. The first-order chi connectivity index (χ1) is 16.3. The van der Waals surface area contributed by atoms with Crippen LogP contribution in [0.15, 0.2) is 42.9 Å². The molecule has 0 saturated heterocycles. The maximum absolute atomic E-state index is 13.0. The van der Waals surface area contributed by atoms with Crippen LogP contribution < -0.4 is 10.1 Å². The number of aromatic nitrogens is 4. The van der Waals surface area contributed by atoms with Crippen LogP contribution in [0.5, 0.6) is 5.75 Å². The number of ether oxygens (including phenoxy) is 1. The van der Waals surface area contributed by atoms with Gasteiger partial charge >= 0.3 is 12.4 Å². The molecule has 2 heterocycles. The second kappa shape index (κ2) is 10.5. The van der Waals surface area contributed by atoms with E-state index in [0.29, 0.717) is 12.1 Å². The van der Waals surface area contributed by atoms with Crippen LogP contribution in [0.1, 0.15) is 47.6 Å². The first kappa shape index (κ1) is 26.3. The van der Waals surface area contributed by atoms with Gasteiger partial charge in [0, 0.05) is 17.0 Å². The van der Waals surface area contributed by atoms with Crippen molar-refractivity contribution in [3.63, 3.8) is 0 Å². The van der Waals surface area contributed by atoms with Crippen molar-refractivity contribution in [2.75, 3.05) is 6.61 Å². The molecule has 0 radical (unpaired) electrons. The van der Waals surface area contributed by atoms with E-state index in [2.05, 4.69) is 20.4 Å². The summed E-state index contributed by atoms with van der Waals surface area (Å²) in [6.45, 7) is 1.41. The molecule has 3 rings (SSSR count). The summed E-state index contributed by atoms with van der Waals surface area (Å²) in [7, 11) is 0. The van der Waals surface area contributed by atoms with E-state index in [1.807, 2.05) is 0 Å². The Bertz CT molecular complexity index is 1160. The van der Waals surface area contributed by atoms with Gasteiger partial charge in [-0.1, -0.05) is 11.6 Å². The number of alkyl halides is 6. The van der Waals surface area contributed by atoms with Crippen molar-refractivity contribution in [3.8, 4) is 11.6 Å². The third-order valence-electron chi connectivity index (χ3n) is 4.61. The quantitative estimate of drug-likeness (QED) is 0.311. The van der Waals surface area contributed by atoms with E-state index < -0.39 is 36.3 Å². The summed E-state index contributed by atoms with van der Waals surface area (Å²) >= 11 is 5.74. The van der Waals surface area contributed by atoms with Crippen molar-refractivity contribution in [1.29, 1.82) is 0 Å². The fourth-order valence-electron chi connectivity index (χ4n) is 3.00. The van der Waals surface area contributed by atoms with E-state index in [1.165, 1.54) is 29.3 Å². The second-order valence-electron chi connectivity index (χ2n) is 7.37. The summed E-state index contributed by atoms with van der Waals surface area (Å²) in [6.07, 6.45) is -7.60. The maximum atomic E-state index is 13.0. The average molecular weight is 522 g/mol. The van der Waals surface area contributed by atoms with E-state index in [9.17, 15) is 31.1 Å². The summed E-state index contributed by atoms with van der Waals surface area (Å²) in [6, 6.07) is 4.69. The Morgan fingerprint density at radius 2 is 1.89 bits per heavy atom. The molecule has 1 N–H and O–H groups in total. The monoisotopic (exact) mass is 521 g/mol. The molecule has 14 heteroatoms. The minimum Gasteiger partial charge on any atom is -0.492 e. The van der Waals surface area contributed by atoms with Gasteiger partial charge in [0.25, 0.3) is 5.91 Å². The van der Waals surface area contributed by atoms with Crippen molar-refractivity contribution in [3.05, 3.63) is 64.8 Å². The van der Waals surface area contributed by atoms with Gasteiger partial charge in [-0.15, -0.1) is 0 Å². The molecule has 0 bridgehead atoms. The zero-order valence-corrected chi connectivity index (χ0v) is 18.7. The number of hydrogen-bond acceptors (Lipinski definition) is 5. The van der Waals surface area contributed by atoms with E-state index in [1.54, 1.807) is 6.92 Å². The Balaban J connectivity index is 1.68. The zero-order chi connectivity index (χ0) is 25.8. The fourth-order valence-corrected chi connectivity index (χ4v) is 3.23. The summed E-state index contributed by atoms with van der Waals surface area (Å²) in [5, 5.41) is 6.33. The lowest BCUT2D eigenvalue weighted by Gasteiger charge is -2.15. The van der Waals surface area contributed by atoms with E-state index in [0.717, 1.165) is 6.07 Å². The zero-order valence-electron chi connectivity index (χ0n) is 18.0. The van der Waals surface area contributed by atoms with Crippen LogP contribution >= 0.6 is 11.6 Å². The number of pyridine rings is 1. The Labute approximate surface area is 200 Å². The largest absolute Gasteiger partial charge is 0.492 e. The Morgan fingerprint density at radius 1 is 1.14 bits per heavy atom. The maximum Gasteiger partial charge on any atom is 0.416 e. The normalized spacial score (nSPS) is 12.9. The highest BCUT2D eigenvalue weighted by molar-refractivity contribution is 6.31. The summed E-state index contributed by atoms with van der Waals surface area (Å²) in [5.41, 5.74) is -1.34. The van der Waals surface area contributed by atoms with Gasteiger partial charge in [0.15, 0.2) is 11.6 Å². The van der Waals surface area contributed by atoms with Gasteiger partial charge in [0.2, 0.25) is 0 Å². The molecule has 0 fully saturated rings. The van der Waals surface area contributed by atoms with E-state index in [-0.39, 0.29) is 41.0 Å². The van der Waals surface area contributed by atoms with Crippen LogP contribution in [-0.2, 0) is 6.18 Å². The third kappa shape index (κ3) is 7.31. The molecule has 3 aromatic rings. The molecule has 0 aliphatic carbocycles. The molecule has 7 nitrogen and oxygen atoms in total. The number of carbonyl (C=O) groups is 1. The number of nitrogens with one attached hydrogen (secondary N) is 1. The smallest absolute Gasteiger partial charge is 0.416 e. The highest BCUT2D eigenvalue weighted by Gasteiger charge is 2.32. The van der Waals surface area contributed by atoms with Gasteiger partial charge in [-0.2, -0.15) is 36.1 Å². The SMILES string of the molecule is CC(NC(=O)c1cc(Cl)cc(C(F)(F)F)c1)c1ncnn1-c1ccc(OCCCC(F)(F)F)cn1. The molecule has 35 heavy (non-hydrogen) atoms. The van der Waals surface area contributed by atoms with Crippen LogP contribution in [-0.4, -0.2) is 38.4 Å². The van der Waals surface area contributed by atoms with Crippen LogP contribution in [0.2, 0.25) is 5.02 Å². The van der Waals surface area contributed by atoms with E-state index >= 15 is 0 Å². The van der Waals surface area contributed by atoms with E-state index in [4.69, 9.17) is 16.3 Å². The lowest BCUT2D eigenvalue weighted by atomic mass is 10.1. The number of benzene rings is 1. The third-order valence-corrected chi connectivity index (χ3v) is 4.83.